The summed E-state index contributed by atoms with van der Waals surface area (Å²) in [7, 11) is 0. The van der Waals surface area contributed by atoms with E-state index in [0.29, 0.717) is 18.4 Å². The Bertz CT molecular complexity index is 1010. The number of hydrogen-bond donors (Lipinski definition) is 2. The maximum atomic E-state index is 13.0. The maximum Gasteiger partial charge on any atom is 0.387 e. The van der Waals surface area contributed by atoms with Crippen molar-refractivity contribution in [1.82, 2.24) is 15.5 Å². The summed E-state index contributed by atoms with van der Waals surface area (Å²) in [4.78, 5) is 38.8. The molecule has 1 spiro atoms. The van der Waals surface area contributed by atoms with Gasteiger partial charge in [-0.05, 0) is 30.0 Å². The Kier molecular flexibility index (Phi) is 5.11. The summed E-state index contributed by atoms with van der Waals surface area (Å²) in [6.45, 7) is -3.54. The number of imide groups is 1. The van der Waals surface area contributed by atoms with Gasteiger partial charge in [-0.15, -0.1) is 0 Å². The van der Waals surface area contributed by atoms with Gasteiger partial charge in [-0.3, -0.25) is 14.5 Å². The molecule has 0 aromatic heterocycles. The van der Waals surface area contributed by atoms with Crippen LogP contribution in [-0.4, -0.2) is 35.9 Å². The third-order valence-corrected chi connectivity index (χ3v) is 5.39. The van der Waals surface area contributed by atoms with E-state index in [4.69, 9.17) is 0 Å². The van der Waals surface area contributed by atoms with E-state index in [1.54, 1.807) is 12.1 Å². The number of hydrogen-bond acceptors (Lipinski definition) is 4. The SMILES string of the molecule is O=C(CN1C(=O)NC2(CCc3ccccc32)C1=O)NCc1ccccc1OC(F)F. The van der Waals surface area contributed by atoms with Crippen LogP contribution in [0.15, 0.2) is 48.5 Å². The van der Waals surface area contributed by atoms with Crippen molar-refractivity contribution >= 4 is 17.8 Å². The van der Waals surface area contributed by atoms with Crippen LogP contribution in [0.4, 0.5) is 13.6 Å². The Morgan fingerprint density at radius 1 is 1.17 bits per heavy atom. The Morgan fingerprint density at radius 3 is 2.70 bits per heavy atom. The van der Waals surface area contributed by atoms with Crippen molar-refractivity contribution in [2.45, 2.75) is 31.5 Å². The van der Waals surface area contributed by atoms with Crippen molar-refractivity contribution in [1.29, 1.82) is 0 Å². The first-order valence-corrected chi connectivity index (χ1v) is 9.42. The van der Waals surface area contributed by atoms with Crippen LogP contribution in [0.25, 0.3) is 0 Å². The molecule has 4 amide bonds. The predicted molar refractivity (Wildman–Crippen MR) is 102 cm³/mol. The zero-order chi connectivity index (χ0) is 21.3. The predicted octanol–water partition coefficient (Wildman–Crippen LogP) is 2.30. The quantitative estimate of drug-likeness (QED) is 0.709. The van der Waals surface area contributed by atoms with Crippen LogP contribution in [0.2, 0.25) is 0 Å². The van der Waals surface area contributed by atoms with E-state index in [1.165, 1.54) is 18.2 Å². The first-order valence-electron chi connectivity index (χ1n) is 9.42. The van der Waals surface area contributed by atoms with Crippen molar-refractivity contribution in [2.75, 3.05) is 6.54 Å². The van der Waals surface area contributed by atoms with E-state index in [9.17, 15) is 23.2 Å². The van der Waals surface area contributed by atoms with E-state index < -0.39 is 36.5 Å². The monoisotopic (exact) mass is 415 g/mol. The number of amides is 4. The molecule has 1 heterocycles. The molecule has 2 N–H and O–H groups in total. The Labute approximate surface area is 171 Å². The molecule has 7 nitrogen and oxygen atoms in total. The Morgan fingerprint density at radius 2 is 1.90 bits per heavy atom. The second-order valence-electron chi connectivity index (χ2n) is 7.15. The summed E-state index contributed by atoms with van der Waals surface area (Å²) < 4.78 is 29.4. The number of carbonyl (C=O) groups is 3. The number of nitrogens with zero attached hydrogens (tertiary/aromatic N) is 1. The van der Waals surface area contributed by atoms with Gasteiger partial charge in [0.2, 0.25) is 5.91 Å². The van der Waals surface area contributed by atoms with Crippen molar-refractivity contribution in [2.24, 2.45) is 0 Å². The number of fused-ring (bicyclic) bond motifs is 2. The van der Waals surface area contributed by atoms with Gasteiger partial charge in [0.15, 0.2) is 0 Å². The number of nitrogens with one attached hydrogen (secondary N) is 2. The molecule has 1 saturated heterocycles. The number of carbonyl (C=O) groups excluding carboxylic acids is 3. The highest BCUT2D eigenvalue weighted by molar-refractivity contribution is 6.09. The van der Waals surface area contributed by atoms with Crippen LogP contribution in [0.5, 0.6) is 5.75 Å². The highest BCUT2D eigenvalue weighted by atomic mass is 19.3. The normalized spacial score (nSPS) is 19.9. The number of benzene rings is 2. The average Bonchev–Trinajstić information content (AvgIpc) is 3.20. The fourth-order valence-electron chi connectivity index (χ4n) is 3.99. The van der Waals surface area contributed by atoms with Gasteiger partial charge in [0.1, 0.15) is 17.8 Å². The molecule has 1 aliphatic carbocycles. The van der Waals surface area contributed by atoms with Gasteiger partial charge in [0, 0.05) is 12.1 Å². The molecule has 156 valence electrons. The lowest BCUT2D eigenvalue weighted by Crippen LogP contribution is -2.43. The second kappa shape index (κ2) is 7.74. The lowest BCUT2D eigenvalue weighted by atomic mass is 9.92. The topological polar surface area (TPSA) is 87.7 Å². The van der Waals surface area contributed by atoms with Gasteiger partial charge in [0.05, 0.1) is 0 Å². The molecular formula is C21H19F2N3O4. The van der Waals surface area contributed by atoms with Crippen molar-refractivity contribution in [3.8, 4) is 5.75 Å². The fourth-order valence-corrected chi connectivity index (χ4v) is 3.99. The summed E-state index contributed by atoms with van der Waals surface area (Å²) >= 11 is 0. The van der Waals surface area contributed by atoms with E-state index in [0.717, 1.165) is 16.0 Å². The van der Waals surface area contributed by atoms with E-state index in [1.807, 2.05) is 18.2 Å². The molecule has 0 bridgehead atoms. The van der Waals surface area contributed by atoms with Gasteiger partial charge < -0.3 is 15.4 Å². The summed E-state index contributed by atoms with van der Waals surface area (Å²) in [6.07, 6.45) is 1.09. The number of aryl methyl sites for hydroxylation is 1. The molecule has 1 fully saturated rings. The molecule has 1 atom stereocenters. The average molecular weight is 415 g/mol. The Hall–Kier alpha value is -3.49. The molecule has 4 rings (SSSR count). The van der Waals surface area contributed by atoms with Crippen molar-refractivity contribution in [3.05, 3.63) is 65.2 Å². The van der Waals surface area contributed by atoms with Crippen LogP contribution < -0.4 is 15.4 Å². The minimum absolute atomic E-state index is 0.0516. The maximum absolute atomic E-state index is 13.0. The van der Waals surface area contributed by atoms with Crippen LogP contribution >= 0.6 is 0 Å². The minimum atomic E-state index is -2.99. The third kappa shape index (κ3) is 3.47. The standard InChI is InChI=1S/C21H19F2N3O4/c22-19(23)30-16-8-4-2-6-14(16)11-24-17(27)12-26-18(28)21(25-20(26)29)10-9-13-5-1-3-7-15(13)21/h1-8,19H,9-12H2,(H,24,27)(H,25,29). The zero-order valence-corrected chi connectivity index (χ0v) is 15.9. The molecular weight excluding hydrogens is 396 g/mol. The smallest absolute Gasteiger partial charge is 0.387 e. The number of halogens is 2. The van der Waals surface area contributed by atoms with Gasteiger partial charge in [0.25, 0.3) is 5.91 Å². The van der Waals surface area contributed by atoms with Gasteiger partial charge in [-0.25, -0.2) is 4.79 Å². The third-order valence-electron chi connectivity index (χ3n) is 5.39. The summed E-state index contributed by atoms with van der Waals surface area (Å²) in [5.74, 6) is -1.10. The first kappa shape index (κ1) is 19.8. The van der Waals surface area contributed by atoms with Crippen LogP contribution in [0, 0.1) is 0 Å². The number of para-hydroxylation sites is 1. The second-order valence-corrected chi connectivity index (χ2v) is 7.15. The number of alkyl halides is 2. The zero-order valence-electron chi connectivity index (χ0n) is 15.9. The molecule has 1 unspecified atom stereocenters. The molecule has 0 radical (unpaired) electrons. The van der Waals surface area contributed by atoms with Crippen LogP contribution in [0.1, 0.15) is 23.1 Å². The highest BCUT2D eigenvalue weighted by Gasteiger charge is 2.55. The first-order chi connectivity index (χ1) is 14.4. The summed E-state index contributed by atoms with van der Waals surface area (Å²) in [5.41, 5.74) is 0.966. The largest absolute Gasteiger partial charge is 0.434 e. The molecule has 9 heteroatoms. The molecule has 2 aromatic rings. The van der Waals surface area contributed by atoms with Crippen LogP contribution in [-0.2, 0) is 28.1 Å². The van der Waals surface area contributed by atoms with E-state index >= 15 is 0 Å². The number of rotatable bonds is 6. The van der Waals surface area contributed by atoms with Crippen molar-refractivity contribution in [3.63, 3.8) is 0 Å². The summed E-state index contributed by atoms with van der Waals surface area (Å²) in [6, 6.07) is 12.8. The molecule has 30 heavy (non-hydrogen) atoms. The lowest BCUT2D eigenvalue weighted by molar-refractivity contribution is -0.135. The van der Waals surface area contributed by atoms with Gasteiger partial charge in [-0.2, -0.15) is 8.78 Å². The van der Waals surface area contributed by atoms with Gasteiger partial charge in [-0.1, -0.05) is 42.5 Å². The van der Waals surface area contributed by atoms with Crippen LogP contribution in [0.3, 0.4) is 0 Å². The lowest BCUT2D eigenvalue weighted by Gasteiger charge is -2.22. The number of urea groups is 1. The highest BCUT2D eigenvalue weighted by Crippen LogP contribution is 2.41. The Balaban J connectivity index is 1.43. The molecule has 0 saturated carbocycles. The van der Waals surface area contributed by atoms with E-state index in [2.05, 4.69) is 15.4 Å². The van der Waals surface area contributed by atoms with E-state index in [-0.39, 0.29) is 12.3 Å². The molecule has 2 aliphatic rings. The molecule has 2 aromatic carbocycles. The summed E-state index contributed by atoms with van der Waals surface area (Å²) in [5, 5.41) is 5.29. The fraction of sp³-hybridized carbons (Fsp3) is 0.286. The minimum Gasteiger partial charge on any atom is -0.434 e. The molecule has 1 aliphatic heterocycles. The number of ether oxygens (including phenoxy) is 1. The van der Waals surface area contributed by atoms with Gasteiger partial charge >= 0.3 is 12.6 Å². The van der Waals surface area contributed by atoms with Crippen molar-refractivity contribution < 1.29 is 27.9 Å².